The molecule has 1 unspecified atom stereocenters. The number of amides is 1. The first kappa shape index (κ1) is 19.0. The van der Waals surface area contributed by atoms with E-state index in [1.54, 1.807) is 49.4 Å². The number of hydrogen-bond acceptors (Lipinski definition) is 4. The molecule has 6 nitrogen and oxygen atoms in total. The second-order valence-corrected chi connectivity index (χ2v) is 7.80. The Labute approximate surface area is 148 Å². The third-order valence-electron chi connectivity index (χ3n) is 3.71. The fourth-order valence-electron chi connectivity index (χ4n) is 2.38. The Morgan fingerprint density at radius 1 is 1.08 bits per heavy atom. The molecular weight excluding hydrogens is 338 g/mol. The zero-order chi connectivity index (χ0) is 18.5. The van der Waals surface area contributed by atoms with Crippen molar-refractivity contribution in [1.29, 1.82) is 0 Å². The van der Waals surface area contributed by atoms with Gasteiger partial charge < -0.3 is 11.1 Å². The van der Waals surface area contributed by atoms with E-state index in [0.717, 1.165) is 6.42 Å². The van der Waals surface area contributed by atoms with Gasteiger partial charge in [-0.1, -0.05) is 37.6 Å². The van der Waals surface area contributed by atoms with Gasteiger partial charge >= 0.3 is 0 Å². The minimum atomic E-state index is -3.68. The van der Waals surface area contributed by atoms with Crippen LogP contribution in [0.15, 0.2) is 59.5 Å². The van der Waals surface area contributed by atoms with Gasteiger partial charge in [0.1, 0.15) is 0 Å². The van der Waals surface area contributed by atoms with Crippen molar-refractivity contribution in [3.8, 4) is 0 Å². The molecule has 2 aromatic rings. The summed E-state index contributed by atoms with van der Waals surface area (Å²) in [6, 6.07) is 14.6. The number of anilines is 2. The van der Waals surface area contributed by atoms with Crippen LogP contribution in [0.5, 0.6) is 0 Å². The minimum Gasteiger partial charge on any atom is -0.324 e. The lowest BCUT2D eigenvalue weighted by molar-refractivity contribution is -0.120. The Balaban J connectivity index is 2.15. The maximum absolute atomic E-state index is 12.4. The average molecular weight is 361 g/mol. The molecule has 0 heterocycles. The lowest BCUT2D eigenvalue weighted by Crippen LogP contribution is -2.48. The smallest absolute Gasteiger partial charge is 0.261 e. The molecular formula is C18H23N3O3S. The standard InChI is InChI=1S/C18H23N3O3S/c1-3-12-18(2,19)17(22)20-14-8-7-9-15(13-14)21-25(23,24)16-10-5-4-6-11-16/h4-11,13,21H,3,12,19H2,1-2H3,(H,20,22). The summed E-state index contributed by atoms with van der Waals surface area (Å²) in [5.74, 6) is -0.308. The first-order valence-corrected chi connectivity index (χ1v) is 9.51. The van der Waals surface area contributed by atoms with Gasteiger partial charge in [-0.15, -0.1) is 0 Å². The Hall–Kier alpha value is -2.38. The quantitative estimate of drug-likeness (QED) is 0.705. The van der Waals surface area contributed by atoms with Crippen LogP contribution in [0, 0.1) is 0 Å². The molecule has 25 heavy (non-hydrogen) atoms. The van der Waals surface area contributed by atoms with Gasteiger partial charge in [0.15, 0.2) is 0 Å². The van der Waals surface area contributed by atoms with Crippen molar-refractivity contribution in [3.05, 3.63) is 54.6 Å². The molecule has 0 spiro atoms. The molecule has 0 saturated heterocycles. The van der Waals surface area contributed by atoms with Crippen molar-refractivity contribution in [2.75, 3.05) is 10.0 Å². The molecule has 4 N–H and O–H groups in total. The molecule has 1 amide bonds. The molecule has 0 bridgehead atoms. The second-order valence-electron chi connectivity index (χ2n) is 6.12. The number of hydrogen-bond donors (Lipinski definition) is 3. The average Bonchev–Trinajstić information content (AvgIpc) is 2.55. The summed E-state index contributed by atoms with van der Waals surface area (Å²) < 4.78 is 27.2. The van der Waals surface area contributed by atoms with Crippen LogP contribution in [-0.4, -0.2) is 19.9 Å². The van der Waals surface area contributed by atoms with E-state index in [2.05, 4.69) is 10.0 Å². The molecule has 0 aliphatic rings. The molecule has 0 aromatic heterocycles. The third kappa shape index (κ3) is 5.04. The molecule has 0 radical (unpaired) electrons. The van der Waals surface area contributed by atoms with Crippen LogP contribution in [0.25, 0.3) is 0 Å². The maximum Gasteiger partial charge on any atom is 0.261 e. The summed E-state index contributed by atoms with van der Waals surface area (Å²) >= 11 is 0. The number of sulfonamides is 1. The van der Waals surface area contributed by atoms with Gasteiger partial charge in [-0.05, 0) is 43.7 Å². The fraction of sp³-hybridized carbons (Fsp3) is 0.278. The molecule has 134 valence electrons. The van der Waals surface area contributed by atoms with Crippen LogP contribution < -0.4 is 15.8 Å². The van der Waals surface area contributed by atoms with Crippen LogP contribution >= 0.6 is 0 Å². The van der Waals surface area contributed by atoms with E-state index in [4.69, 9.17) is 5.73 Å². The van der Waals surface area contributed by atoms with E-state index >= 15 is 0 Å². The summed E-state index contributed by atoms with van der Waals surface area (Å²) in [6.45, 7) is 3.63. The predicted octanol–water partition coefficient (Wildman–Crippen LogP) is 2.94. The number of carbonyl (C=O) groups is 1. The topological polar surface area (TPSA) is 101 Å². The van der Waals surface area contributed by atoms with E-state index in [1.807, 2.05) is 6.92 Å². The number of carbonyl (C=O) groups excluding carboxylic acids is 1. The summed E-state index contributed by atoms with van der Waals surface area (Å²) in [6.07, 6.45) is 1.34. The van der Waals surface area contributed by atoms with Gasteiger partial charge in [0.2, 0.25) is 5.91 Å². The van der Waals surface area contributed by atoms with E-state index in [9.17, 15) is 13.2 Å². The van der Waals surface area contributed by atoms with Crippen LogP contribution in [-0.2, 0) is 14.8 Å². The Morgan fingerprint density at radius 3 is 2.36 bits per heavy atom. The van der Waals surface area contributed by atoms with Gasteiger partial charge in [0.05, 0.1) is 16.1 Å². The van der Waals surface area contributed by atoms with E-state index < -0.39 is 15.6 Å². The minimum absolute atomic E-state index is 0.168. The summed E-state index contributed by atoms with van der Waals surface area (Å²) in [4.78, 5) is 12.4. The lowest BCUT2D eigenvalue weighted by Gasteiger charge is -2.23. The van der Waals surface area contributed by atoms with E-state index in [0.29, 0.717) is 17.8 Å². The zero-order valence-electron chi connectivity index (χ0n) is 14.3. The number of nitrogens with two attached hydrogens (primary N) is 1. The number of rotatable bonds is 7. The highest BCUT2D eigenvalue weighted by atomic mass is 32.2. The largest absolute Gasteiger partial charge is 0.324 e. The highest BCUT2D eigenvalue weighted by Crippen LogP contribution is 2.20. The summed E-state index contributed by atoms with van der Waals surface area (Å²) in [7, 11) is -3.68. The molecule has 2 aromatic carbocycles. The van der Waals surface area contributed by atoms with E-state index in [-0.39, 0.29) is 10.8 Å². The normalized spacial score (nSPS) is 13.7. The van der Waals surface area contributed by atoms with Gasteiger partial charge in [0.25, 0.3) is 10.0 Å². The molecule has 0 aliphatic heterocycles. The number of nitrogens with one attached hydrogen (secondary N) is 2. The molecule has 2 rings (SSSR count). The first-order valence-electron chi connectivity index (χ1n) is 8.03. The van der Waals surface area contributed by atoms with Gasteiger partial charge in [-0.3, -0.25) is 9.52 Å². The van der Waals surface area contributed by atoms with E-state index in [1.165, 1.54) is 12.1 Å². The van der Waals surface area contributed by atoms with Crippen molar-refractivity contribution in [2.24, 2.45) is 5.73 Å². The van der Waals surface area contributed by atoms with Crippen LogP contribution in [0.4, 0.5) is 11.4 Å². The Bertz CT molecular complexity index is 834. The Morgan fingerprint density at radius 2 is 1.72 bits per heavy atom. The maximum atomic E-state index is 12.4. The number of benzene rings is 2. The third-order valence-corrected chi connectivity index (χ3v) is 5.11. The highest BCUT2D eigenvalue weighted by molar-refractivity contribution is 7.92. The monoisotopic (exact) mass is 361 g/mol. The summed E-state index contributed by atoms with van der Waals surface area (Å²) in [5, 5.41) is 2.73. The van der Waals surface area contributed by atoms with Crippen molar-refractivity contribution in [3.63, 3.8) is 0 Å². The molecule has 7 heteroatoms. The SMILES string of the molecule is CCCC(C)(N)C(=O)Nc1cccc(NS(=O)(=O)c2ccccc2)c1. The van der Waals surface area contributed by atoms with Crippen LogP contribution in [0.3, 0.4) is 0 Å². The van der Waals surface area contributed by atoms with Gasteiger partial charge in [-0.2, -0.15) is 0 Å². The molecule has 0 saturated carbocycles. The Kier molecular flexibility index (Phi) is 5.81. The van der Waals surface area contributed by atoms with Crippen molar-refractivity contribution in [2.45, 2.75) is 37.1 Å². The highest BCUT2D eigenvalue weighted by Gasteiger charge is 2.27. The van der Waals surface area contributed by atoms with Crippen molar-refractivity contribution in [1.82, 2.24) is 0 Å². The lowest BCUT2D eigenvalue weighted by atomic mass is 9.96. The van der Waals surface area contributed by atoms with Crippen molar-refractivity contribution < 1.29 is 13.2 Å². The van der Waals surface area contributed by atoms with Crippen LogP contribution in [0.2, 0.25) is 0 Å². The van der Waals surface area contributed by atoms with Gasteiger partial charge in [0, 0.05) is 5.69 Å². The molecule has 0 fully saturated rings. The fourth-order valence-corrected chi connectivity index (χ4v) is 3.45. The second kappa shape index (κ2) is 7.67. The summed E-state index contributed by atoms with van der Waals surface area (Å²) in [5.41, 5.74) is 5.87. The van der Waals surface area contributed by atoms with Crippen molar-refractivity contribution >= 4 is 27.3 Å². The van der Waals surface area contributed by atoms with Gasteiger partial charge in [-0.25, -0.2) is 8.42 Å². The zero-order valence-corrected chi connectivity index (χ0v) is 15.1. The molecule has 1 atom stereocenters. The predicted molar refractivity (Wildman–Crippen MR) is 99.8 cm³/mol. The first-order chi connectivity index (χ1) is 11.7. The van der Waals surface area contributed by atoms with Crippen LogP contribution in [0.1, 0.15) is 26.7 Å². The molecule has 0 aliphatic carbocycles.